The molecule has 1 aromatic carbocycles. The molecule has 0 bridgehead atoms. The lowest BCUT2D eigenvalue weighted by Gasteiger charge is -2.05. The highest BCUT2D eigenvalue weighted by Crippen LogP contribution is 2.23. The monoisotopic (exact) mass is 247 g/mol. The highest BCUT2D eigenvalue weighted by Gasteiger charge is 2.30. The molecule has 0 radical (unpaired) electrons. The summed E-state index contributed by atoms with van der Waals surface area (Å²) in [5, 5.41) is 0. The second-order valence-corrected chi connectivity index (χ2v) is 4.02. The molecule has 15 heavy (non-hydrogen) atoms. The molecule has 9 heteroatoms. The van der Waals surface area contributed by atoms with Crippen LogP contribution in [0.15, 0.2) is 17.0 Å². The van der Waals surface area contributed by atoms with Crippen molar-refractivity contribution in [3.63, 3.8) is 0 Å². The van der Waals surface area contributed by atoms with Crippen LogP contribution in [0.5, 0.6) is 0 Å². The van der Waals surface area contributed by atoms with Gasteiger partial charge in [0, 0.05) is 0 Å². The van der Waals surface area contributed by atoms with Gasteiger partial charge in [0.25, 0.3) is 10.0 Å². The topological polar surface area (TPSA) is 37.4 Å². The van der Waals surface area contributed by atoms with Crippen LogP contribution < -0.4 is 0 Å². The lowest BCUT2D eigenvalue weighted by atomic mass is 10.3. The number of hydrogen-bond acceptors (Lipinski definition) is 2. The molecule has 0 saturated heterocycles. The molecule has 0 aliphatic carbocycles. The molecular weight excluding hydrogens is 245 g/mol. The van der Waals surface area contributed by atoms with E-state index in [-0.39, 0.29) is 12.1 Å². The Morgan fingerprint density at radius 2 is 1.53 bits per heavy atom. The molecule has 0 saturated carbocycles. The zero-order chi connectivity index (χ0) is 11.8. The third-order valence-corrected chi connectivity index (χ3v) is 2.69. The quantitative estimate of drug-likeness (QED) is 0.454. The molecule has 0 unspecified atom stereocenters. The molecule has 0 spiro atoms. The van der Waals surface area contributed by atoms with Crippen LogP contribution >= 0.6 is 0 Å². The highest BCUT2D eigenvalue weighted by atomic mass is 32.2. The average Bonchev–Trinajstić information content (AvgIpc) is 2.13. The van der Waals surface area contributed by atoms with Gasteiger partial charge in [-0.1, -0.05) is 8.96 Å². The Labute approximate surface area is 80.7 Å². The van der Waals surface area contributed by atoms with E-state index in [9.17, 15) is 30.6 Å². The maximum Gasteiger partial charge on any atom is 0.300 e. The Balaban J connectivity index is 3.48. The number of sulfonamides is 1. The first kappa shape index (κ1) is 11.9. The minimum atomic E-state index is -5.43. The van der Waals surface area contributed by atoms with Crippen molar-refractivity contribution in [3.05, 3.63) is 29.6 Å². The summed E-state index contributed by atoms with van der Waals surface area (Å²) in [6.45, 7) is 0. The van der Waals surface area contributed by atoms with Crippen molar-refractivity contribution in [2.45, 2.75) is 4.90 Å². The zero-order valence-electron chi connectivity index (χ0n) is 6.72. The first-order chi connectivity index (χ1) is 6.78. The van der Waals surface area contributed by atoms with Gasteiger partial charge in [-0.25, -0.2) is 21.6 Å². The standard InChI is InChI=1S/C6H2F5NO2S/c7-3-1-2-4(6(9)5(3)8)15(13,14)12(10)11/h1-2H. The van der Waals surface area contributed by atoms with Gasteiger partial charge in [0.2, 0.25) is 0 Å². The van der Waals surface area contributed by atoms with Gasteiger partial charge in [-0.05, 0) is 12.1 Å². The van der Waals surface area contributed by atoms with Gasteiger partial charge in [0.1, 0.15) is 9.64 Å². The van der Waals surface area contributed by atoms with Gasteiger partial charge in [0.15, 0.2) is 17.5 Å². The van der Waals surface area contributed by atoms with Crippen LogP contribution in [0.2, 0.25) is 0 Å². The molecule has 84 valence electrons. The van der Waals surface area contributed by atoms with Crippen molar-refractivity contribution in [3.8, 4) is 0 Å². The molecular formula is C6H2F5NO2S. The van der Waals surface area contributed by atoms with Crippen molar-refractivity contribution in [2.75, 3.05) is 0 Å². The van der Waals surface area contributed by atoms with Gasteiger partial charge < -0.3 is 0 Å². The van der Waals surface area contributed by atoms with Crippen LogP contribution in [0.3, 0.4) is 0 Å². The smallest absolute Gasteiger partial charge is 0.204 e. The summed E-state index contributed by atoms with van der Waals surface area (Å²) >= 11 is 0. The number of rotatable bonds is 2. The van der Waals surface area contributed by atoms with Gasteiger partial charge >= 0.3 is 0 Å². The van der Waals surface area contributed by atoms with E-state index < -0.39 is 37.1 Å². The molecule has 0 aliphatic heterocycles. The zero-order valence-corrected chi connectivity index (χ0v) is 7.53. The van der Waals surface area contributed by atoms with E-state index in [4.69, 9.17) is 0 Å². The fourth-order valence-electron chi connectivity index (χ4n) is 0.782. The first-order valence-electron chi connectivity index (χ1n) is 3.29. The summed E-state index contributed by atoms with van der Waals surface area (Å²) in [6, 6.07) is 0.435. The second kappa shape index (κ2) is 3.74. The molecule has 0 amide bonds. The van der Waals surface area contributed by atoms with E-state index in [0.29, 0.717) is 0 Å². The minimum absolute atomic E-state index is 0.204. The van der Waals surface area contributed by atoms with Crippen LogP contribution in [0, 0.1) is 17.5 Å². The largest absolute Gasteiger partial charge is 0.300 e. The van der Waals surface area contributed by atoms with Crippen LogP contribution in [0.25, 0.3) is 0 Å². The predicted octanol–water partition coefficient (Wildman–Crippen LogP) is 1.86. The lowest BCUT2D eigenvalue weighted by Crippen LogP contribution is -2.17. The number of nitrogens with zero attached hydrogens (tertiary/aromatic N) is 1. The third-order valence-electron chi connectivity index (χ3n) is 1.46. The number of benzene rings is 1. The molecule has 0 N–H and O–H groups in total. The molecule has 0 aliphatic rings. The summed E-state index contributed by atoms with van der Waals surface area (Å²) in [7, 11) is -5.43. The van der Waals surface area contributed by atoms with Gasteiger partial charge in [-0.2, -0.15) is 0 Å². The first-order valence-corrected chi connectivity index (χ1v) is 4.73. The lowest BCUT2D eigenvalue weighted by molar-refractivity contribution is -0.0540. The van der Waals surface area contributed by atoms with Crippen LogP contribution in [0.1, 0.15) is 0 Å². The number of hydrogen-bond donors (Lipinski definition) is 0. The van der Waals surface area contributed by atoms with Crippen LogP contribution in [-0.4, -0.2) is 13.2 Å². The van der Waals surface area contributed by atoms with Crippen molar-refractivity contribution >= 4 is 10.0 Å². The normalized spacial score (nSPS) is 12.1. The number of halogens is 5. The highest BCUT2D eigenvalue weighted by molar-refractivity contribution is 7.88. The summed E-state index contributed by atoms with van der Waals surface area (Å²) in [5.41, 5.74) is 0. The molecule has 0 fully saturated rings. The van der Waals surface area contributed by atoms with Crippen LogP contribution in [0.4, 0.5) is 22.1 Å². The Kier molecular flexibility index (Phi) is 2.95. The van der Waals surface area contributed by atoms with E-state index in [1.807, 2.05) is 0 Å². The molecule has 0 atom stereocenters. The van der Waals surface area contributed by atoms with Crippen molar-refractivity contribution in [2.24, 2.45) is 0 Å². The maximum absolute atomic E-state index is 12.8. The fourth-order valence-corrected chi connectivity index (χ4v) is 1.49. The summed E-state index contributed by atoms with van der Waals surface area (Å²) < 4.78 is 80.2. The Morgan fingerprint density at radius 1 is 1.00 bits per heavy atom. The van der Waals surface area contributed by atoms with Gasteiger partial charge in [-0.3, -0.25) is 0 Å². The van der Waals surface area contributed by atoms with Crippen molar-refractivity contribution < 1.29 is 30.6 Å². The van der Waals surface area contributed by atoms with Crippen molar-refractivity contribution in [1.29, 1.82) is 0 Å². The van der Waals surface area contributed by atoms with Gasteiger partial charge in [-0.15, -0.1) is 0 Å². The maximum atomic E-state index is 12.8. The van der Waals surface area contributed by atoms with E-state index in [0.717, 1.165) is 0 Å². The van der Waals surface area contributed by atoms with E-state index >= 15 is 0 Å². The second-order valence-electron chi connectivity index (χ2n) is 2.35. The van der Waals surface area contributed by atoms with Gasteiger partial charge in [0.05, 0.1) is 0 Å². The summed E-state index contributed by atoms with van der Waals surface area (Å²) in [6.07, 6.45) is 0. The molecule has 0 aromatic heterocycles. The van der Waals surface area contributed by atoms with E-state index in [1.54, 1.807) is 0 Å². The SMILES string of the molecule is O=S(=O)(c1ccc(F)c(F)c1F)N(F)F. The van der Waals surface area contributed by atoms with E-state index in [2.05, 4.69) is 0 Å². The molecule has 0 heterocycles. The predicted molar refractivity (Wildman–Crippen MR) is 37.6 cm³/mol. The van der Waals surface area contributed by atoms with Crippen LogP contribution in [-0.2, 0) is 10.0 Å². The Hall–Kier alpha value is -1.22. The summed E-state index contributed by atoms with van der Waals surface area (Å²) in [4.78, 5) is -1.63. The summed E-state index contributed by atoms with van der Waals surface area (Å²) in [5.74, 6) is -5.98. The molecule has 1 rings (SSSR count). The van der Waals surface area contributed by atoms with E-state index in [1.165, 1.54) is 0 Å². The fraction of sp³-hybridized carbons (Fsp3) is 0. The van der Waals surface area contributed by atoms with Crippen molar-refractivity contribution in [1.82, 2.24) is 4.75 Å². The Bertz CT molecular complexity index is 487. The minimum Gasteiger partial charge on any atom is -0.204 e. The molecule has 3 nitrogen and oxygen atoms in total. The molecule has 1 aromatic rings. The average molecular weight is 247 g/mol. The Morgan fingerprint density at radius 3 is 2.00 bits per heavy atom. The third kappa shape index (κ3) is 1.92.